The molecule has 0 aromatic heterocycles. The second-order valence-electron chi connectivity index (χ2n) is 7.86. The van der Waals surface area contributed by atoms with E-state index in [1.807, 2.05) is 12.0 Å². The van der Waals surface area contributed by atoms with Crippen molar-refractivity contribution < 1.29 is 14.4 Å². The summed E-state index contributed by atoms with van der Waals surface area (Å²) in [6.07, 6.45) is 4.96. The van der Waals surface area contributed by atoms with Crippen molar-refractivity contribution in [2.75, 3.05) is 19.8 Å². The van der Waals surface area contributed by atoms with Crippen LogP contribution >= 0.6 is 0 Å². The van der Waals surface area contributed by atoms with Crippen LogP contribution in [-0.4, -0.2) is 47.4 Å². The molecule has 1 N–H and O–H groups in total. The highest BCUT2D eigenvalue weighted by molar-refractivity contribution is 5.85. The van der Waals surface area contributed by atoms with Gasteiger partial charge in [0.2, 0.25) is 0 Å². The normalized spacial score (nSPS) is 28.5. The van der Waals surface area contributed by atoms with Gasteiger partial charge in [0.05, 0.1) is 24.3 Å². The smallest absolute Gasteiger partial charge is 0.252 e. The summed E-state index contributed by atoms with van der Waals surface area (Å²) in [4.78, 5) is 18.7. The Labute approximate surface area is 134 Å². The van der Waals surface area contributed by atoms with Gasteiger partial charge in [-0.2, -0.15) is 5.06 Å². The standard InChI is InChI=1S/C17H32N2O3/c1-6-22-19-15(2,3)12-18-14(20)17(10-8-7-9-11-17)21-13-16(19,4)5/h6-13H2,1-5H3,(H,18,20). The van der Waals surface area contributed by atoms with Crippen LogP contribution in [0.1, 0.15) is 66.7 Å². The van der Waals surface area contributed by atoms with Crippen molar-refractivity contribution in [2.45, 2.75) is 83.4 Å². The molecule has 0 radical (unpaired) electrons. The molecule has 5 heteroatoms. The van der Waals surface area contributed by atoms with E-state index in [0.717, 1.165) is 25.7 Å². The molecule has 0 atom stereocenters. The first kappa shape index (κ1) is 17.7. The Bertz CT molecular complexity index is 401. The maximum absolute atomic E-state index is 12.8. The fraction of sp³-hybridized carbons (Fsp3) is 0.941. The number of ether oxygens (including phenoxy) is 1. The summed E-state index contributed by atoms with van der Waals surface area (Å²) in [5, 5.41) is 5.12. The van der Waals surface area contributed by atoms with Gasteiger partial charge in [0, 0.05) is 6.54 Å². The fourth-order valence-corrected chi connectivity index (χ4v) is 3.76. The van der Waals surface area contributed by atoms with Gasteiger partial charge in [0.15, 0.2) is 0 Å². The molecule has 0 bridgehead atoms. The van der Waals surface area contributed by atoms with Gasteiger partial charge in [-0.15, -0.1) is 0 Å². The average molecular weight is 312 g/mol. The van der Waals surface area contributed by atoms with Crippen LogP contribution in [0.15, 0.2) is 0 Å². The Morgan fingerprint density at radius 3 is 2.36 bits per heavy atom. The lowest BCUT2D eigenvalue weighted by Gasteiger charge is -2.46. The first-order valence-corrected chi connectivity index (χ1v) is 8.59. The lowest BCUT2D eigenvalue weighted by atomic mass is 9.83. The van der Waals surface area contributed by atoms with Gasteiger partial charge >= 0.3 is 0 Å². The number of nitrogens with zero attached hydrogens (tertiary/aromatic N) is 1. The van der Waals surface area contributed by atoms with Crippen LogP contribution in [0.3, 0.4) is 0 Å². The van der Waals surface area contributed by atoms with E-state index in [2.05, 4.69) is 33.0 Å². The van der Waals surface area contributed by atoms with Crippen molar-refractivity contribution >= 4 is 5.91 Å². The topological polar surface area (TPSA) is 50.8 Å². The minimum absolute atomic E-state index is 0.0504. The lowest BCUT2D eigenvalue weighted by Crippen LogP contribution is -2.60. The molecule has 0 unspecified atom stereocenters. The maximum Gasteiger partial charge on any atom is 0.252 e. The Kier molecular flexibility index (Phi) is 5.20. The maximum atomic E-state index is 12.8. The first-order chi connectivity index (χ1) is 10.2. The van der Waals surface area contributed by atoms with E-state index in [9.17, 15) is 4.79 Å². The SMILES string of the molecule is CCON1C(C)(C)CNC(=O)C2(CCCCC2)OCC1(C)C. The predicted molar refractivity (Wildman–Crippen MR) is 86.4 cm³/mol. The molecule has 128 valence electrons. The van der Waals surface area contributed by atoms with Gasteiger partial charge in [-0.3, -0.25) is 9.63 Å². The second-order valence-corrected chi connectivity index (χ2v) is 7.86. The molecule has 2 rings (SSSR count). The van der Waals surface area contributed by atoms with Crippen LogP contribution in [0.4, 0.5) is 0 Å². The number of hydroxylamine groups is 2. The van der Waals surface area contributed by atoms with E-state index in [1.54, 1.807) is 0 Å². The van der Waals surface area contributed by atoms with Crippen LogP contribution < -0.4 is 5.32 Å². The zero-order chi connectivity index (χ0) is 16.4. The largest absolute Gasteiger partial charge is 0.363 e. The molecule has 5 nitrogen and oxygen atoms in total. The number of rotatable bonds is 2. The lowest BCUT2D eigenvalue weighted by molar-refractivity contribution is -0.273. The highest BCUT2D eigenvalue weighted by Gasteiger charge is 2.47. The number of carbonyl (C=O) groups is 1. The Morgan fingerprint density at radius 1 is 1.14 bits per heavy atom. The molecule has 0 aromatic carbocycles. The van der Waals surface area contributed by atoms with E-state index in [1.165, 1.54) is 6.42 Å². The average Bonchev–Trinajstić information content (AvgIpc) is 2.50. The van der Waals surface area contributed by atoms with Crippen molar-refractivity contribution in [1.82, 2.24) is 10.4 Å². The number of amides is 1. The zero-order valence-corrected chi connectivity index (χ0v) is 14.8. The van der Waals surface area contributed by atoms with Crippen LogP contribution in [-0.2, 0) is 14.4 Å². The monoisotopic (exact) mass is 312 g/mol. The fourth-order valence-electron chi connectivity index (χ4n) is 3.76. The van der Waals surface area contributed by atoms with Crippen LogP contribution in [0.25, 0.3) is 0 Å². The van der Waals surface area contributed by atoms with Crippen molar-refractivity contribution in [3.8, 4) is 0 Å². The molecular formula is C17H32N2O3. The van der Waals surface area contributed by atoms with E-state index >= 15 is 0 Å². The third-order valence-corrected chi connectivity index (χ3v) is 4.82. The molecule has 1 saturated heterocycles. The summed E-state index contributed by atoms with van der Waals surface area (Å²) in [6.45, 7) is 12.1. The van der Waals surface area contributed by atoms with Crippen molar-refractivity contribution in [3.63, 3.8) is 0 Å². The van der Waals surface area contributed by atoms with Crippen molar-refractivity contribution in [1.29, 1.82) is 0 Å². The molecule has 0 aromatic rings. The summed E-state index contributed by atoms with van der Waals surface area (Å²) in [7, 11) is 0. The molecule has 2 aliphatic rings. The molecule has 1 aliphatic carbocycles. The third kappa shape index (κ3) is 3.47. The van der Waals surface area contributed by atoms with E-state index < -0.39 is 5.60 Å². The summed E-state index contributed by atoms with van der Waals surface area (Å²) in [6, 6.07) is 0. The second kappa shape index (κ2) is 6.46. The molecule has 22 heavy (non-hydrogen) atoms. The molecule has 1 aliphatic heterocycles. The quantitative estimate of drug-likeness (QED) is 0.851. The first-order valence-electron chi connectivity index (χ1n) is 8.59. The van der Waals surface area contributed by atoms with Crippen molar-refractivity contribution in [2.24, 2.45) is 0 Å². The Morgan fingerprint density at radius 2 is 1.77 bits per heavy atom. The van der Waals surface area contributed by atoms with Gasteiger partial charge in [0.25, 0.3) is 5.91 Å². The van der Waals surface area contributed by atoms with Gasteiger partial charge in [-0.1, -0.05) is 19.3 Å². The van der Waals surface area contributed by atoms with E-state index in [4.69, 9.17) is 9.57 Å². The van der Waals surface area contributed by atoms with Crippen molar-refractivity contribution in [3.05, 3.63) is 0 Å². The van der Waals surface area contributed by atoms with Crippen LogP contribution in [0, 0.1) is 0 Å². The minimum Gasteiger partial charge on any atom is -0.363 e. The summed E-state index contributed by atoms with van der Waals surface area (Å²) in [5.41, 5.74) is -1.23. The zero-order valence-electron chi connectivity index (χ0n) is 14.8. The highest BCUT2D eigenvalue weighted by atomic mass is 16.7. The molecule has 2 fully saturated rings. The molecule has 1 heterocycles. The van der Waals surface area contributed by atoms with Crippen LogP contribution in [0.5, 0.6) is 0 Å². The summed E-state index contributed by atoms with van der Waals surface area (Å²) >= 11 is 0. The van der Waals surface area contributed by atoms with Crippen LogP contribution in [0.2, 0.25) is 0 Å². The van der Waals surface area contributed by atoms with E-state index in [0.29, 0.717) is 19.8 Å². The van der Waals surface area contributed by atoms with E-state index in [-0.39, 0.29) is 17.0 Å². The summed E-state index contributed by atoms with van der Waals surface area (Å²) in [5.74, 6) is 0.0504. The predicted octanol–water partition coefficient (Wildman–Crippen LogP) is 2.65. The Balaban J connectivity index is 2.29. The van der Waals surface area contributed by atoms with Gasteiger partial charge in [-0.05, 0) is 47.5 Å². The number of hydrogen-bond donors (Lipinski definition) is 1. The molecular weight excluding hydrogens is 280 g/mol. The summed E-state index contributed by atoms with van der Waals surface area (Å²) < 4.78 is 6.26. The molecule has 1 saturated carbocycles. The minimum atomic E-state index is -0.645. The van der Waals surface area contributed by atoms with Gasteiger partial charge in [-0.25, -0.2) is 0 Å². The number of nitrogens with one attached hydrogen (secondary N) is 1. The Hall–Kier alpha value is -0.650. The number of carbonyl (C=O) groups excluding carboxylic acids is 1. The van der Waals surface area contributed by atoms with Gasteiger partial charge in [0.1, 0.15) is 5.60 Å². The third-order valence-electron chi connectivity index (χ3n) is 4.82. The number of hydrogen-bond acceptors (Lipinski definition) is 4. The molecule has 1 amide bonds. The highest BCUT2D eigenvalue weighted by Crippen LogP contribution is 2.36. The van der Waals surface area contributed by atoms with Gasteiger partial charge < -0.3 is 10.1 Å². The molecule has 1 spiro atoms.